The number of aliphatic carboxylic acids is 1. The Hall–Kier alpha value is -2.54. The predicted molar refractivity (Wildman–Crippen MR) is 93.2 cm³/mol. The molecule has 1 aromatic heterocycles. The highest BCUT2D eigenvalue weighted by atomic mass is 16.5. The summed E-state index contributed by atoms with van der Waals surface area (Å²) in [6.45, 7) is -0.438. The molecular weight excluding hydrogens is 376 g/mol. The van der Waals surface area contributed by atoms with Crippen LogP contribution in [0.5, 0.6) is 0 Å². The van der Waals surface area contributed by atoms with Crippen LogP contribution in [0.1, 0.15) is 37.5 Å². The standard InChI is InChI=1S/C16H24N4O8/c17-15-9(2-1-5-20(27)12(23)3-4-14(24)25)7-19(16(26)18-15)13-6-10(22)11(8-21)28-13/h7,10-11,13,21-22,27H,1-6,8H2,(H,24,25)(H2,17,18,26)/t10-,11+,13+/m0/s1. The Labute approximate surface area is 159 Å². The summed E-state index contributed by atoms with van der Waals surface area (Å²) in [7, 11) is 0. The maximum absolute atomic E-state index is 12.1. The van der Waals surface area contributed by atoms with Crippen molar-refractivity contribution in [3.8, 4) is 0 Å². The summed E-state index contributed by atoms with van der Waals surface area (Å²) in [5, 5.41) is 37.6. The molecule has 12 heteroatoms. The minimum absolute atomic E-state index is 0.000183. The number of carboxylic acid groups (broad SMARTS) is 1. The zero-order valence-corrected chi connectivity index (χ0v) is 15.1. The highest BCUT2D eigenvalue weighted by molar-refractivity contribution is 5.79. The fourth-order valence-electron chi connectivity index (χ4n) is 2.86. The van der Waals surface area contributed by atoms with Gasteiger partial charge < -0.3 is 25.8 Å². The molecule has 0 aromatic carbocycles. The number of aliphatic hydroxyl groups is 2. The van der Waals surface area contributed by atoms with Crippen molar-refractivity contribution in [1.29, 1.82) is 0 Å². The van der Waals surface area contributed by atoms with E-state index >= 15 is 0 Å². The average molecular weight is 400 g/mol. The van der Waals surface area contributed by atoms with Gasteiger partial charge in [-0.3, -0.25) is 19.4 Å². The molecule has 156 valence electrons. The predicted octanol–water partition coefficient (Wildman–Crippen LogP) is -1.52. The van der Waals surface area contributed by atoms with Gasteiger partial charge in [-0.1, -0.05) is 0 Å². The molecule has 2 rings (SSSR count). The minimum Gasteiger partial charge on any atom is -0.481 e. The number of nitrogens with zero attached hydrogens (tertiary/aromatic N) is 3. The van der Waals surface area contributed by atoms with Crippen molar-refractivity contribution in [1.82, 2.24) is 14.6 Å². The van der Waals surface area contributed by atoms with Crippen LogP contribution in [0.2, 0.25) is 0 Å². The summed E-state index contributed by atoms with van der Waals surface area (Å²) >= 11 is 0. The molecule has 12 nitrogen and oxygen atoms in total. The smallest absolute Gasteiger partial charge is 0.351 e. The van der Waals surface area contributed by atoms with Gasteiger partial charge in [-0.15, -0.1) is 0 Å². The lowest BCUT2D eigenvalue weighted by atomic mass is 10.1. The van der Waals surface area contributed by atoms with E-state index in [1.54, 1.807) is 0 Å². The van der Waals surface area contributed by atoms with Crippen LogP contribution in [-0.2, 0) is 20.7 Å². The largest absolute Gasteiger partial charge is 0.481 e. The first-order valence-electron chi connectivity index (χ1n) is 8.75. The Kier molecular flexibility index (Phi) is 7.45. The van der Waals surface area contributed by atoms with Gasteiger partial charge in [0.15, 0.2) is 0 Å². The number of carboxylic acids is 1. The number of amides is 1. The molecule has 0 bridgehead atoms. The molecule has 0 spiro atoms. The number of nitrogen functional groups attached to an aromatic ring is 1. The summed E-state index contributed by atoms with van der Waals surface area (Å²) in [4.78, 5) is 37.9. The highest BCUT2D eigenvalue weighted by Gasteiger charge is 2.35. The number of ether oxygens (including phenoxy) is 1. The van der Waals surface area contributed by atoms with Gasteiger partial charge in [0.05, 0.1) is 19.1 Å². The van der Waals surface area contributed by atoms with Crippen LogP contribution in [0, 0.1) is 0 Å². The molecule has 1 aliphatic rings. The molecule has 1 aliphatic heterocycles. The van der Waals surface area contributed by atoms with E-state index in [1.165, 1.54) is 10.8 Å². The number of nitrogens with two attached hydrogens (primary N) is 1. The third-order valence-corrected chi connectivity index (χ3v) is 4.41. The monoisotopic (exact) mass is 400 g/mol. The van der Waals surface area contributed by atoms with Gasteiger partial charge in [0.25, 0.3) is 0 Å². The van der Waals surface area contributed by atoms with Gasteiger partial charge in [-0.05, 0) is 12.8 Å². The number of aromatic nitrogens is 2. The molecule has 1 aromatic rings. The van der Waals surface area contributed by atoms with Crippen molar-refractivity contribution in [3.63, 3.8) is 0 Å². The molecule has 0 aliphatic carbocycles. The first-order chi connectivity index (χ1) is 13.2. The number of hydroxylamine groups is 2. The van der Waals surface area contributed by atoms with Crippen molar-refractivity contribution in [2.75, 3.05) is 18.9 Å². The molecule has 0 saturated carbocycles. The van der Waals surface area contributed by atoms with Crippen LogP contribution >= 0.6 is 0 Å². The summed E-state index contributed by atoms with van der Waals surface area (Å²) in [6, 6.07) is 0. The fourth-order valence-corrected chi connectivity index (χ4v) is 2.86. The number of carbonyl (C=O) groups is 2. The van der Waals surface area contributed by atoms with E-state index in [0.717, 1.165) is 0 Å². The zero-order chi connectivity index (χ0) is 20.8. The summed E-state index contributed by atoms with van der Waals surface area (Å²) in [5.74, 6) is -1.84. The SMILES string of the molecule is Nc1nc(=O)n([C@H]2C[C@H](O)[C@@H](CO)O2)cc1CCCN(O)C(=O)CCC(=O)O. The molecule has 0 unspecified atom stereocenters. The van der Waals surface area contributed by atoms with Crippen molar-refractivity contribution in [3.05, 3.63) is 22.2 Å². The zero-order valence-electron chi connectivity index (χ0n) is 15.1. The van der Waals surface area contributed by atoms with Crippen LogP contribution in [0.3, 0.4) is 0 Å². The second-order valence-electron chi connectivity index (χ2n) is 6.47. The van der Waals surface area contributed by atoms with E-state index in [1.807, 2.05) is 0 Å². The van der Waals surface area contributed by atoms with Crippen LogP contribution in [-0.4, -0.2) is 72.4 Å². The molecule has 2 heterocycles. The Morgan fingerprint density at radius 3 is 2.71 bits per heavy atom. The molecule has 6 N–H and O–H groups in total. The fraction of sp³-hybridized carbons (Fsp3) is 0.625. The molecule has 0 radical (unpaired) electrons. The van der Waals surface area contributed by atoms with Crippen LogP contribution < -0.4 is 11.4 Å². The summed E-state index contributed by atoms with van der Waals surface area (Å²) in [6.07, 6.45) is -1.07. The van der Waals surface area contributed by atoms with E-state index in [2.05, 4.69) is 4.98 Å². The van der Waals surface area contributed by atoms with Gasteiger partial charge >= 0.3 is 11.7 Å². The van der Waals surface area contributed by atoms with Crippen molar-refractivity contribution in [2.24, 2.45) is 0 Å². The quantitative estimate of drug-likeness (QED) is 0.240. The van der Waals surface area contributed by atoms with Gasteiger partial charge in [0.2, 0.25) is 5.91 Å². The molecule has 1 fully saturated rings. The summed E-state index contributed by atoms with van der Waals surface area (Å²) in [5.41, 5.74) is 5.59. The van der Waals surface area contributed by atoms with Crippen molar-refractivity contribution in [2.45, 2.75) is 50.5 Å². The maximum atomic E-state index is 12.1. The topological polar surface area (TPSA) is 188 Å². The van der Waals surface area contributed by atoms with E-state index in [0.29, 0.717) is 10.6 Å². The minimum atomic E-state index is -1.13. The van der Waals surface area contributed by atoms with Crippen LogP contribution in [0.25, 0.3) is 0 Å². The Bertz CT molecular complexity index is 768. The number of aliphatic hydroxyl groups excluding tert-OH is 2. The number of hydrogen-bond acceptors (Lipinski definition) is 9. The van der Waals surface area contributed by atoms with E-state index in [9.17, 15) is 24.7 Å². The molecule has 28 heavy (non-hydrogen) atoms. The first kappa shape index (κ1) is 21.8. The number of aryl methyl sites for hydroxylation is 1. The second-order valence-corrected chi connectivity index (χ2v) is 6.47. The average Bonchev–Trinajstić information content (AvgIpc) is 3.01. The van der Waals surface area contributed by atoms with Crippen LogP contribution in [0.15, 0.2) is 11.0 Å². The third-order valence-electron chi connectivity index (χ3n) is 4.41. The van der Waals surface area contributed by atoms with Gasteiger partial charge in [-0.25, -0.2) is 9.86 Å². The third kappa shape index (κ3) is 5.48. The maximum Gasteiger partial charge on any atom is 0.351 e. The normalized spacial score (nSPS) is 21.6. The van der Waals surface area contributed by atoms with E-state index < -0.39 is 36.0 Å². The van der Waals surface area contributed by atoms with E-state index in [4.69, 9.17) is 20.7 Å². The van der Waals surface area contributed by atoms with Gasteiger partial charge in [0.1, 0.15) is 18.1 Å². The number of carbonyl (C=O) groups excluding carboxylic acids is 1. The molecule has 1 saturated heterocycles. The number of anilines is 1. The summed E-state index contributed by atoms with van der Waals surface area (Å²) < 4.78 is 6.63. The lowest BCUT2D eigenvalue weighted by Crippen LogP contribution is -2.30. The molecule has 1 amide bonds. The lowest BCUT2D eigenvalue weighted by molar-refractivity contribution is -0.166. The highest BCUT2D eigenvalue weighted by Crippen LogP contribution is 2.28. The van der Waals surface area contributed by atoms with Crippen LogP contribution in [0.4, 0.5) is 5.82 Å². The van der Waals surface area contributed by atoms with Gasteiger partial charge in [-0.2, -0.15) is 4.98 Å². The Morgan fingerprint density at radius 1 is 1.39 bits per heavy atom. The molecule has 3 atom stereocenters. The Morgan fingerprint density at radius 2 is 2.11 bits per heavy atom. The number of hydrogen-bond donors (Lipinski definition) is 5. The Balaban J connectivity index is 1.98. The second kappa shape index (κ2) is 9.59. The van der Waals surface area contributed by atoms with Gasteiger partial charge in [0, 0.05) is 31.1 Å². The first-order valence-corrected chi connectivity index (χ1v) is 8.75. The lowest BCUT2D eigenvalue weighted by Gasteiger charge is -2.17. The van der Waals surface area contributed by atoms with Crippen molar-refractivity contribution >= 4 is 17.7 Å². The van der Waals surface area contributed by atoms with Crippen molar-refractivity contribution < 1.29 is 34.9 Å². The van der Waals surface area contributed by atoms with E-state index in [-0.39, 0.29) is 51.1 Å². The number of rotatable bonds is 9. The molecular formula is C16H24N4O8.